The largest absolute Gasteiger partial charge is 0.458 e. The summed E-state index contributed by atoms with van der Waals surface area (Å²) in [6, 6.07) is 0. The van der Waals surface area contributed by atoms with Crippen LogP contribution in [0.3, 0.4) is 0 Å². The van der Waals surface area contributed by atoms with Crippen molar-refractivity contribution in [3.63, 3.8) is 0 Å². The molecule has 0 aromatic carbocycles. The number of esters is 4. The molecule has 6 rings (SSSR count). The summed E-state index contributed by atoms with van der Waals surface area (Å²) in [5, 5.41) is -4.75. The van der Waals surface area contributed by atoms with Crippen LogP contribution < -0.4 is 0 Å². The van der Waals surface area contributed by atoms with Gasteiger partial charge in [0.1, 0.15) is 29.6 Å². The molecule has 6 fully saturated rings. The third kappa shape index (κ3) is 4.44. The fraction of sp³-hybridized carbons (Fsp3) is 0.852. The molecule has 3 saturated carbocycles. The van der Waals surface area contributed by atoms with Gasteiger partial charge in [0.15, 0.2) is 18.3 Å². The molecule has 1 N–H and O–H groups in total. The molecule has 12 unspecified atom stereocenters. The van der Waals surface area contributed by atoms with Gasteiger partial charge in [0.25, 0.3) is 0 Å². The Kier molecular flexibility index (Phi) is 7.12. The summed E-state index contributed by atoms with van der Waals surface area (Å²) in [5.41, 5.74) is -0.604. The van der Waals surface area contributed by atoms with Crippen molar-refractivity contribution in [2.45, 2.75) is 107 Å². The minimum absolute atomic E-state index is 0.278. The van der Waals surface area contributed by atoms with Crippen molar-refractivity contribution in [1.82, 2.24) is 0 Å². The maximum Gasteiger partial charge on any atom is 0.405 e. The first-order valence-electron chi connectivity index (χ1n) is 14.5. The number of hydrogen-bond acceptors (Lipinski definition) is 11. The van der Waals surface area contributed by atoms with E-state index in [1.807, 2.05) is 6.92 Å². The van der Waals surface area contributed by atoms with E-state index in [1.165, 1.54) is 12.8 Å². The first kappa shape index (κ1) is 29.7. The van der Waals surface area contributed by atoms with Crippen LogP contribution in [-0.2, 0) is 53.0 Å². The van der Waals surface area contributed by atoms with Crippen molar-refractivity contribution in [1.29, 1.82) is 0 Å². The number of carbonyl (C=O) groups is 4. The van der Waals surface area contributed by atoms with Gasteiger partial charge in [-0.05, 0) is 56.8 Å². The molecule has 0 aromatic rings. The second-order valence-corrected chi connectivity index (χ2v) is 14.0. The first-order valence-corrected chi connectivity index (χ1v) is 15.9. The Hall–Kier alpha value is -2.39. The van der Waals surface area contributed by atoms with Crippen molar-refractivity contribution in [2.75, 3.05) is 0 Å². The number of rotatable bonds is 10. The zero-order valence-corrected chi connectivity index (χ0v) is 23.9. The lowest BCUT2D eigenvalue weighted by atomic mass is 9.71. The molecule has 3 saturated heterocycles. The Labute approximate surface area is 240 Å². The summed E-state index contributed by atoms with van der Waals surface area (Å²) in [6.45, 7) is 2.58. The second-order valence-electron chi connectivity index (χ2n) is 12.5. The highest BCUT2D eigenvalue weighted by Crippen LogP contribution is 2.64. The Morgan fingerprint density at radius 2 is 1.81 bits per heavy atom. The second kappa shape index (κ2) is 10.1. The van der Waals surface area contributed by atoms with Crippen molar-refractivity contribution in [3.8, 4) is 0 Å². The molecular formula is C27H34F2O12S. The molecule has 15 heteroatoms. The van der Waals surface area contributed by atoms with Crippen molar-refractivity contribution in [3.05, 3.63) is 0 Å². The van der Waals surface area contributed by atoms with Gasteiger partial charge in [-0.15, -0.1) is 0 Å². The smallest absolute Gasteiger partial charge is 0.405 e. The highest BCUT2D eigenvalue weighted by atomic mass is 32.2. The van der Waals surface area contributed by atoms with Gasteiger partial charge in [-0.2, -0.15) is 17.2 Å². The summed E-state index contributed by atoms with van der Waals surface area (Å²) < 4.78 is 85.0. The Morgan fingerprint density at radius 3 is 2.50 bits per heavy atom. The minimum Gasteiger partial charge on any atom is -0.458 e. The van der Waals surface area contributed by atoms with Gasteiger partial charge in [0.05, 0.1) is 12.8 Å². The Morgan fingerprint density at radius 1 is 1.12 bits per heavy atom. The molecule has 0 aromatic heterocycles. The number of alkyl halides is 2. The van der Waals surface area contributed by atoms with Crippen molar-refractivity contribution >= 4 is 34.0 Å². The molecule has 0 radical (unpaired) electrons. The van der Waals surface area contributed by atoms with Crippen LogP contribution in [0.25, 0.3) is 0 Å². The maximum atomic E-state index is 13.7. The Balaban J connectivity index is 1.08. The average Bonchev–Trinajstić information content (AvgIpc) is 3.72. The van der Waals surface area contributed by atoms with Gasteiger partial charge in [0, 0.05) is 5.92 Å². The SMILES string of the molecule is CCC1(OC(=O)C2C3OC4C(OC(=O)C42)C3OC(=O)CCC(=O)OC(C)C(F)(F)S(=O)(=O)O)CC2CC1C1CCCC21. The molecule has 4 bridgehead atoms. The topological polar surface area (TPSA) is 169 Å². The van der Waals surface area contributed by atoms with Crippen LogP contribution >= 0.6 is 0 Å². The van der Waals surface area contributed by atoms with Crippen molar-refractivity contribution < 1.29 is 64.6 Å². The lowest BCUT2D eigenvalue weighted by Gasteiger charge is -2.42. The van der Waals surface area contributed by atoms with Crippen LogP contribution in [0.5, 0.6) is 0 Å². The van der Waals surface area contributed by atoms with Crippen LogP contribution in [0.1, 0.15) is 65.2 Å². The zero-order chi connectivity index (χ0) is 30.4. The van der Waals surface area contributed by atoms with E-state index in [0.717, 1.165) is 19.3 Å². The molecule has 3 heterocycles. The predicted octanol–water partition coefficient (Wildman–Crippen LogP) is 2.18. The maximum absolute atomic E-state index is 13.7. The monoisotopic (exact) mass is 620 g/mol. The van der Waals surface area contributed by atoms with Gasteiger partial charge in [0.2, 0.25) is 0 Å². The molecule has 12 nitrogen and oxygen atoms in total. The number of carbonyl (C=O) groups excluding carboxylic acids is 4. The fourth-order valence-electron chi connectivity index (χ4n) is 8.77. The summed E-state index contributed by atoms with van der Waals surface area (Å²) in [5.74, 6) is -3.41. The third-order valence-electron chi connectivity index (χ3n) is 10.6. The van der Waals surface area contributed by atoms with Crippen molar-refractivity contribution in [2.24, 2.45) is 35.5 Å². The fourth-order valence-corrected chi connectivity index (χ4v) is 9.23. The average molecular weight is 621 g/mol. The van der Waals surface area contributed by atoms with Gasteiger partial charge in [-0.25, -0.2) is 0 Å². The zero-order valence-electron chi connectivity index (χ0n) is 23.1. The highest BCUT2D eigenvalue weighted by molar-refractivity contribution is 7.86. The van der Waals surface area contributed by atoms with Crippen LogP contribution in [0.4, 0.5) is 8.78 Å². The molecule has 42 heavy (non-hydrogen) atoms. The molecule has 6 aliphatic rings. The van der Waals surface area contributed by atoms with Gasteiger partial charge < -0.3 is 23.7 Å². The van der Waals surface area contributed by atoms with Crippen LogP contribution in [0, 0.1) is 35.5 Å². The quantitative estimate of drug-likeness (QED) is 0.215. The summed E-state index contributed by atoms with van der Waals surface area (Å²) in [7, 11) is -5.84. The standard InChI is InChI=1S/C27H34F2O12S/c1-3-26(10-12-9-15(26)14-6-4-5-13(12)14)41-25(33)19-18-20-23(40-24(18)32)22(21(19)39-20)38-17(31)8-7-16(30)37-11(2)27(28,29)42(34,35)36/h11-15,18-23H,3-10H2,1-2H3,(H,34,35,36). The van der Waals surface area contributed by atoms with Gasteiger partial charge >= 0.3 is 39.2 Å². The molecule has 3 aliphatic carbocycles. The van der Waals surface area contributed by atoms with E-state index in [-0.39, 0.29) is 5.92 Å². The lowest BCUT2D eigenvalue weighted by molar-refractivity contribution is -0.182. The van der Waals surface area contributed by atoms with E-state index < -0.39 is 100 Å². The van der Waals surface area contributed by atoms with E-state index >= 15 is 0 Å². The van der Waals surface area contributed by atoms with Crippen LogP contribution in [-0.4, -0.2) is 78.2 Å². The highest BCUT2D eigenvalue weighted by Gasteiger charge is 2.73. The van der Waals surface area contributed by atoms with E-state index in [0.29, 0.717) is 31.1 Å². The van der Waals surface area contributed by atoms with Gasteiger partial charge in [-0.3, -0.25) is 23.7 Å². The lowest BCUT2D eigenvalue weighted by Crippen LogP contribution is -2.51. The van der Waals surface area contributed by atoms with Crippen LogP contribution in [0.15, 0.2) is 0 Å². The van der Waals surface area contributed by atoms with E-state index in [2.05, 4.69) is 4.74 Å². The first-order chi connectivity index (χ1) is 19.7. The predicted molar refractivity (Wildman–Crippen MR) is 133 cm³/mol. The van der Waals surface area contributed by atoms with E-state index in [1.54, 1.807) is 0 Å². The molecule has 0 spiro atoms. The number of halogens is 2. The molecule has 3 aliphatic heterocycles. The summed E-state index contributed by atoms with van der Waals surface area (Å²) >= 11 is 0. The minimum atomic E-state index is -5.84. The molecule has 12 atom stereocenters. The summed E-state index contributed by atoms with van der Waals surface area (Å²) in [6.07, 6.45) is -1.76. The number of hydrogen-bond donors (Lipinski definition) is 1. The summed E-state index contributed by atoms with van der Waals surface area (Å²) in [4.78, 5) is 51.0. The number of fused-ring (bicyclic) bond motifs is 6. The molecular weight excluding hydrogens is 586 g/mol. The van der Waals surface area contributed by atoms with Gasteiger partial charge in [-0.1, -0.05) is 13.3 Å². The third-order valence-corrected chi connectivity index (χ3v) is 11.6. The van der Waals surface area contributed by atoms with Crippen LogP contribution in [0.2, 0.25) is 0 Å². The van der Waals surface area contributed by atoms with E-state index in [4.69, 9.17) is 23.5 Å². The normalized spacial score (nSPS) is 41.9. The number of ether oxygens (including phenoxy) is 5. The molecule has 234 valence electrons. The molecule has 0 amide bonds. The van der Waals surface area contributed by atoms with E-state index in [9.17, 15) is 36.4 Å². The Bertz CT molecular complexity index is 1290.